The van der Waals surface area contributed by atoms with Gasteiger partial charge in [0.25, 0.3) is 0 Å². The number of aryl methyl sites for hydroxylation is 1. The van der Waals surface area contributed by atoms with Crippen molar-refractivity contribution in [2.24, 2.45) is 5.92 Å². The van der Waals surface area contributed by atoms with Gasteiger partial charge in [0, 0.05) is 0 Å². The summed E-state index contributed by atoms with van der Waals surface area (Å²) in [7, 11) is -0.0965. The minimum Gasteiger partial charge on any atom is -0.403 e. The minimum absolute atomic E-state index is 0.0965. The second kappa shape index (κ2) is 6.14. The highest BCUT2D eigenvalue weighted by atomic mass is 16.7. The lowest BCUT2D eigenvalue weighted by Crippen LogP contribution is -2.41. The Morgan fingerprint density at radius 2 is 1.48 bits per heavy atom. The lowest BCUT2D eigenvalue weighted by molar-refractivity contribution is 0.00578. The van der Waals surface area contributed by atoms with E-state index in [1.165, 1.54) is 5.56 Å². The molecule has 0 aliphatic carbocycles. The minimum atomic E-state index is -0.231. The summed E-state index contributed by atoms with van der Waals surface area (Å²) in [6.45, 7) is 13.0. The molecule has 2 atom stereocenters. The van der Waals surface area contributed by atoms with Crippen molar-refractivity contribution in [2.45, 2.75) is 71.4 Å². The summed E-state index contributed by atoms with van der Waals surface area (Å²) in [6, 6.07) is 10.7. The van der Waals surface area contributed by atoms with Crippen molar-refractivity contribution in [1.29, 1.82) is 0 Å². The van der Waals surface area contributed by atoms with Gasteiger partial charge in [-0.15, -0.1) is 0 Å². The summed E-state index contributed by atoms with van der Waals surface area (Å²) in [5, 5.41) is 0. The molecule has 0 radical (unpaired) electrons. The predicted octanol–water partition coefficient (Wildman–Crippen LogP) is 4.74. The van der Waals surface area contributed by atoms with E-state index >= 15 is 0 Å². The second-order valence-electron chi connectivity index (χ2n) is 7.49. The molecule has 0 N–H and O–H groups in total. The molecule has 1 heterocycles. The molecule has 1 aliphatic rings. The van der Waals surface area contributed by atoms with Crippen LogP contribution < -0.4 is 0 Å². The van der Waals surface area contributed by atoms with Crippen molar-refractivity contribution in [3.8, 4) is 0 Å². The van der Waals surface area contributed by atoms with Gasteiger partial charge in [-0.05, 0) is 57.8 Å². The van der Waals surface area contributed by atoms with Crippen LogP contribution in [-0.2, 0) is 15.7 Å². The van der Waals surface area contributed by atoms with Gasteiger partial charge in [0.1, 0.15) is 0 Å². The first kappa shape index (κ1) is 16.6. The largest absolute Gasteiger partial charge is 0.461 e. The molecule has 1 fully saturated rings. The zero-order valence-electron chi connectivity index (χ0n) is 14.3. The van der Waals surface area contributed by atoms with Crippen molar-refractivity contribution >= 4 is 7.12 Å². The van der Waals surface area contributed by atoms with Crippen LogP contribution in [0.2, 0.25) is 5.82 Å². The summed E-state index contributed by atoms with van der Waals surface area (Å²) < 4.78 is 12.4. The fraction of sp³-hybridized carbons (Fsp3) is 0.667. The van der Waals surface area contributed by atoms with Crippen molar-refractivity contribution in [3.63, 3.8) is 0 Å². The number of hydrogen-bond donors (Lipinski definition) is 0. The van der Waals surface area contributed by atoms with Crippen molar-refractivity contribution in [1.82, 2.24) is 0 Å². The van der Waals surface area contributed by atoms with Crippen LogP contribution in [0, 0.1) is 5.92 Å². The van der Waals surface area contributed by atoms with Crippen LogP contribution in [0.3, 0.4) is 0 Å². The highest BCUT2D eigenvalue weighted by Crippen LogP contribution is 2.42. The van der Waals surface area contributed by atoms with Gasteiger partial charge in [0.05, 0.1) is 11.2 Å². The molecule has 3 heteroatoms. The lowest BCUT2D eigenvalue weighted by atomic mass is 9.65. The van der Waals surface area contributed by atoms with E-state index in [2.05, 4.69) is 71.9 Å². The summed E-state index contributed by atoms with van der Waals surface area (Å²) in [5.74, 6) is 0.967. The quantitative estimate of drug-likeness (QED) is 0.729. The highest BCUT2D eigenvalue weighted by molar-refractivity contribution is 6.47. The van der Waals surface area contributed by atoms with Gasteiger partial charge >= 0.3 is 7.12 Å². The summed E-state index contributed by atoms with van der Waals surface area (Å²) in [5.41, 5.74) is 0.946. The van der Waals surface area contributed by atoms with E-state index in [0.29, 0.717) is 11.7 Å². The normalized spacial score (nSPS) is 23.0. The molecule has 0 saturated carbocycles. The van der Waals surface area contributed by atoms with E-state index in [4.69, 9.17) is 9.31 Å². The number of hydrogen-bond acceptors (Lipinski definition) is 2. The maximum atomic E-state index is 6.18. The first-order chi connectivity index (χ1) is 9.73. The molecular formula is C18H29BO2. The van der Waals surface area contributed by atoms with Crippen molar-refractivity contribution in [3.05, 3.63) is 35.9 Å². The van der Waals surface area contributed by atoms with E-state index in [1.807, 2.05) is 0 Å². The van der Waals surface area contributed by atoms with Crippen LogP contribution in [0.1, 0.15) is 53.5 Å². The van der Waals surface area contributed by atoms with Crippen LogP contribution >= 0.6 is 0 Å². The molecule has 2 nitrogen and oxygen atoms in total. The van der Waals surface area contributed by atoms with Crippen LogP contribution in [0.4, 0.5) is 0 Å². The van der Waals surface area contributed by atoms with Crippen LogP contribution in [0.15, 0.2) is 30.3 Å². The molecule has 1 aliphatic heterocycles. The van der Waals surface area contributed by atoms with E-state index < -0.39 is 0 Å². The Labute approximate surface area is 130 Å². The van der Waals surface area contributed by atoms with E-state index in [0.717, 1.165) is 12.8 Å². The van der Waals surface area contributed by atoms with Crippen LogP contribution in [0.5, 0.6) is 0 Å². The monoisotopic (exact) mass is 288 g/mol. The van der Waals surface area contributed by atoms with Gasteiger partial charge < -0.3 is 9.31 Å². The predicted molar refractivity (Wildman–Crippen MR) is 89.4 cm³/mol. The molecule has 0 amide bonds. The van der Waals surface area contributed by atoms with Crippen molar-refractivity contribution < 1.29 is 9.31 Å². The molecule has 1 saturated heterocycles. The maximum absolute atomic E-state index is 6.18. The molecule has 21 heavy (non-hydrogen) atoms. The topological polar surface area (TPSA) is 18.5 Å². The maximum Gasteiger partial charge on any atom is 0.461 e. The first-order valence-corrected chi connectivity index (χ1v) is 8.12. The van der Waals surface area contributed by atoms with Crippen LogP contribution in [0.25, 0.3) is 0 Å². The SMILES string of the molecule is C[C@H](B1OC(C)(C)C(C)(C)O1)[C@@H](C)CCc1ccccc1. The van der Waals surface area contributed by atoms with Gasteiger partial charge in [-0.25, -0.2) is 0 Å². The summed E-state index contributed by atoms with van der Waals surface area (Å²) in [6.07, 6.45) is 2.28. The Hall–Kier alpha value is -0.795. The van der Waals surface area contributed by atoms with Gasteiger partial charge in [-0.1, -0.05) is 44.2 Å². The molecular weight excluding hydrogens is 259 g/mol. The van der Waals surface area contributed by atoms with Gasteiger partial charge in [-0.3, -0.25) is 0 Å². The Morgan fingerprint density at radius 1 is 0.952 bits per heavy atom. The molecule has 2 rings (SSSR count). The van der Waals surface area contributed by atoms with E-state index in [1.54, 1.807) is 0 Å². The van der Waals surface area contributed by atoms with Crippen LogP contribution in [-0.4, -0.2) is 18.3 Å². The molecule has 0 aromatic heterocycles. The third-order valence-corrected chi connectivity index (χ3v) is 5.33. The molecule has 1 aromatic carbocycles. The second-order valence-corrected chi connectivity index (χ2v) is 7.49. The van der Waals surface area contributed by atoms with Gasteiger partial charge in [0.2, 0.25) is 0 Å². The lowest BCUT2D eigenvalue weighted by Gasteiger charge is -2.32. The van der Waals surface area contributed by atoms with Gasteiger partial charge in [0.15, 0.2) is 0 Å². The van der Waals surface area contributed by atoms with E-state index in [-0.39, 0.29) is 18.3 Å². The fourth-order valence-corrected chi connectivity index (χ4v) is 2.67. The summed E-state index contributed by atoms with van der Waals surface area (Å²) in [4.78, 5) is 0. The third-order valence-electron chi connectivity index (χ3n) is 5.33. The fourth-order valence-electron chi connectivity index (χ4n) is 2.67. The Balaban J connectivity index is 1.90. The Morgan fingerprint density at radius 3 is 2.00 bits per heavy atom. The number of benzene rings is 1. The van der Waals surface area contributed by atoms with Crippen molar-refractivity contribution in [2.75, 3.05) is 0 Å². The zero-order valence-corrected chi connectivity index (χ0v) is 14.3. The average Bonchev–Trinajstić information content (AvgIpc) is 2.65. The average molecular weight is 288 g/mol. The zero-order chi connectivity index (χ0) is 15.7. The summed E-state index contributed by atoms with van der Waals surface area (Å²) >= 11 is 0. The number of rotatable bonds is 5. The molecule has 1 aromatic rings. The third kappa shape index (κ3) is 3.70. The smallest absolute Gasteiger partial charge is 0.403 e. The highest BCUT2D eigenvalue weighted by Gasteiger charge is 2.53. The Kier molecular flexibility index (Phi) is 4.84. The van der Waals surface area contributed by atoms with E-state index in [9.17, 15) is 0 Å². The Bertz CT molecular complexity index is 440. The first-order valence-electron chi connectivity index (χ1n) is 8.12. The molecule has 116 valence electrons. The molecule has 0 spiro atoms. The molecule has 0 unspecified atom stereocenters. The molecule has 0 bridgehead atoms. The standard InChI is InChI=1S/C18H29BO2/c1-14(12-13-16-10-8-7-9-11-16)15(2)19-20-17(3,4)18(5,6)21-19/h7-11,14-15H,12-13H2,1-6H3/t14-,15-/m0/s1. The van der Waals surface area contributed by atoms with Gasteiger partial charge in [-0.2, -0.15) is 0 Å².